The Morgan fingerprint density at radius 3 is 2.27 bits per heavy atom. The highest BCUT2D eigenvalue weighted by molar-refractivity contribution is 7.90. The number of methoxy groups -OCH3 is 1. The SMILES string of the molecule is COc1ccc(OCCn2c(S(=O)(=O)Cc3ccccc3)nc3ccccc32)cc1. The third kappa shape index (κ3) is 4.31. The minimum Gasteiger partial charge on any atom is -0.497 e. The van der Waals surface area contributed by atoms with Gasteiger partial charge in [0, 0.05) is 0 Å². The first-order valence-corrected chi connectivity index (χ1v) is 11.2. The number of rotatable bonds is 8. The lowest BCUT2D eigenvalue weighted by Crippen LogP contribution is -2.16. The van der Waals surface area contributed by atoms with E-state index < -0.39 is 9.84 Å². The van der Waals surface area contributed by atoms with E-state index in [-0.39, 0.29) is 10.9 Å². The molecular formula is C23H22N2O4S. The van der Waals surface area contributed by atoms with Crippen LogP contribution in [0, 0.1) is 0 Å². The van der Waals surface area contributed by atoms with Crippen LogP contribution in [0.25, 0.3) is 11.0 Å². The van der Waals surface area contributed by atoms with Crippen LogP contribution in [-0.2, 0) is 22.1 Å². The molecule has 3 aromatic carbocycles. The van der Waals surface area contributed by atoms with E-state index >= 15 is 0 Å². The molecule has 4 aromatic rings. The van der Waals surface area contributed by atoms with Gasteiger partial charge in [0.25, 0.3) is 0 Å². The maximum atomic E-state index is 13.2. The molecule has 0 saturated carbocycles. The number of para-hydroxylation sites is 2. The van der Waals surface area contributed by atoms with Gasteiger partial charge in [0.1, 0.15) is 18.1 Å². The zero-order chi connectivity index (χ0) is 21.0. The van der Waals surface area contributed by atoms with Gasteiger partial charge in [0.05, 0.1) is 30.4 Å². The van der Waals surface area contributed by atoms with Crippen LogP contribution in [0.1, 0.15) is 5.56 Å². The normalized spacial score (nSPS) is 11.5. The summed E-state index contributed by atoms with van der Waals surface area (Å²) in [6.45, 7) is 0.663. The highest BCUT2D eigenvalue weighted by atomic mass is 32.2. The number of hydrogen-bond acceptors (Lipinski definition) is 5. The quantitative estimate of drug-likeness (QED) is 0.428. The van der Waals surface area contributed by atoms with Gasteiger partial charge in [-0.2, -0.15) is 0 Å². The van der Waals surface area contributed by atoms with Crippen LogP contribution in [0.3, 0.4) is 0 Å². The number of sulfone groups is 1. The van der Waals surface area contributed by atoms with Gasteiger partial charge < -0.3 is 14.0 Å². The highest BCUT2D eigenvalue weighted by Crippen LogP contribution is 2.23. The second-order valence-electron chi connectivity index (χ2n) is 6.80. The molecule has 0 fully saturated rings. The Kier molecular flexibility index (Phi) is 5.72. The van der Waals surface area contributed by atoms with Gasteiger partial charge in [-0.1, -0.05) is 42.5 Å². The number of fused-ring (bicyclic) bond motifs is 1. The molecule has 4 rings (SSSR count). The molecule has 0 aliphatic carbocycles. The van der Waals surface area contributed by atoms with E-state index in [1.165, 1.54) is 0 Å². The molecule has 30 heavy (non-hydrogen) atoms. The van der Waals surface area contributed by atoms with Crippen molar-refractivity contribution in [1.29, 1.82) is 0 Å². The fourth-order valence-electron chi connectivity index (χ4n) is 3.29. The van der Waals surface area contributed by atoms with Crippen LogP contribution in [0.4, 0.5) is 0 Å². The summed E-state index contributed by atoms with van der Waals surface area (Å²) >= 11 is 0. The second kappa shape index (κ2) is 8.59. The van der Waals surface area contributed by atoms with Gasteiger partial charge >= 0.3 is 0 Å². The number of nitrogens with zero attached hydrogens (tertiary/aromatic N) is 2. The summed E-state index contributed by atoms with van der Waals surface area (Å²) in [6, 6.07) is 23.8. The van der Waals surface area contributed by atoms with Crippen molar-refractivity contribution >= 4 is 20.9 Å². The zero-order valence-corrected chi connectivity index (χ0v) is 17.4. The predicted octanol–water partition coefficient (Wildman–Crippen LogP) is 4.10. The standard InChI is InChI=1S/C23H22N2O4S/c1-28-19-11-13-20(14-12-19)29-16-15-25-22-10-6-5-9-21(22)24-23(25)30(26,27)17-18-7-3-2-4-8-18/h2-14H,15-17H2,1H3. The Bertz CT molecular complexity index is 1230. The van der Waals surface area contributed by atoms with Crippen LogP contribution < -0.4 is 9.47 Å². The van der Waals surface area contributed by atoms with Crippen molar-refractivity contribution in [3.8, 4) is 11.5 Å². The lowest BCUT2D eigenvalue weighted by molar-refractivity contribution is 0.294. The van der Waals surface area contributed by atoms with E-state index in [1.54, 1.807) is 23.8 Å². The summed E-state index contributed by atoms with van der Waals surface area (Å²) < 4.78 is 39.0. The monoisotopic (exact) mass is 422 g/mol. The van der Waals surface area contributed by atoms with Crippen LogP contribution >= 0.6 is 0 Å². The number of ether oxygens (including phenoxy) is 2. The molecule has 1 aromatic heterocycles. The first kappa shape index (κ1) is 20.0. The Labute approximate surface area is 175 Å². The average Bonchev–Trinajstić information content (AvgIpc) is 3.14. The van der Waals surface area contributed by atoms with Crippen molar-refractivity contribution in [2.75, 3.05) is 13.7 Å². The van der Waals surface area contributed by atoms with Crippen LogP contribution in [-0.4, -0.2) is 31.7 Å². The van der Waals surface area contributed by atoms with Crippen molar-refractivity contribution in [3.63, 3.8) is 0 Å². The van der Waals surface area contributed by atoms with Gasteiger partial charge in [-0.15, -0.1) is 0 Å². The van der Waals surface area contributed by atoms with Gasteiger partial charge in [-0.3, -0.25) is 0 Å². The summed E-state index contributed by atoms with van der Waals surface area (Å²) in [5.41, 5.74) is 2.14. The Morgan fingerprint density at radius 2 is 1.53 bits per heavy atom. The maximum Gasteiger partial charge on any atom is 0.229 e. The maximum absolute atomic E-state index is 13.2. The number of aromatic nitrogens is 2. The third-order valence-corrected chi connectivity index (χ3v) is 6.32. The molecule has 0 amide bonds. The van der Waals surface area contributed by atoms with Crippen molar-refractivity contribution in [2.45, 2.75) is 17.5 Å². The summed E-state index contributed by atoms with van der Waals surface area (Å²) in [7, 11) is -2.02. The van der Waals surface area contributed by atoms with E-state index in [9.17, 15) is 8.42 Å². The minimum absolute atomic E-state index is 0.0610. The van der Waals surface area contributed by atoms with E-state index in [1.807, 2.05) is 66.7 Å². The van der Waals surface area contributed by atoms with Crippen LogP contribution in [0.15, 0.2) is 84.0 Å². The Balaban J connectivity index is 1.59. The summed E-state index contributed by atoms with van der Waals surface area (Å²) in [5.74, 6) is 1.34. The largest absolute Gasteiger partial charge is 0.497 e. The summed E-state index contributed by atoms with van der Waals surface area (Å²) in [6.07, 6.45) is 0. The Hall–Kier alpha value is -3.32. The predicted molar refractivity (Wildman–Crippen MR) is 116 cm³/mol. The lowest BCUT2D eigenvalue weighted by Gasteiger charge is -2.11. The van der Waals surface area contributed by atoms with E-state index in [0.29, 0.717) is 24.4 Å². The van der Waals surface area contributed by atoms with Crippen molar-refractivity contribution in [1.82, 2.24) is 9.55 Å². The minimum atomic E-state index is -3.63. The molecule has 1 heterocycles. The number of benzene rings is 3. The molecule has 0 aliphatic heterocycles. The molecule has 0 spiro atoms. The number of imidazole rings is 1. The topological polar surface area (TPSA) is 70.4 Å². The van der Waals surface area contributed by atoms with Crippen molar-refractivity contribution in [3.05, 3.63) is 84.4 Å². The molecular weight excluding hydrogens is 400 g/mol. The second-order valence-corrected chi connectivity index (χ2v) is 8.69. The van der Waals surface area contributed by atoms with Crippen LogP contribution in [0.2, 0.25) is 0 Å². The molecule has 0 radical (unpaired) electrons. The zero-order valence-electron chi connectivity index (χ0n) is 16.6. The van der Waals surface area contributed by atoms with Gasteiger partial charge in [-0.25, -0.2) is 13.4 Å². The smallest absolute Gasteiger partial charge is 0.229 e. The molecule has 0 bridgehead atoms. The molecule has 6 nitrogen and oxygen atoms in total. The summed E-state index contributed by atoms with van der Waals surface area (Å²) in [5, 5.41) is 0.0610. The van der Waals surface area contributed by atoms with E-state index in [0.717, 1.165) is 16.8 Å². The van der Waals surface area contributed by atoms with Gasteiger partial charge in [-0.05, 0) is 42.0 Å². The highest BCUT2D eigenvalue weighted by Gasteiger charge is 2.24. The molecule has 0 aliphatic rings. The van der Waals surface area contributed by atoms with Crippen molar-refractivity contribution in [2.24, 2.45) is 0 Å². The first-order chi connectivity index (χ1) is 14.6. The molecule has 7 heteroatoms. The molecule has 0 N–H and O–H groups in total. The molecule has 0 atom stereocenters. The van der Waals surface area contributed by atoms with E-state index in [4.69, 9.17) is 9.47 Å². The molecule has 0 unspecified atom stereocenters. The fraction of sp³-hybridized carbons (Fsp3) is 0.174. The third-order valence-electron chi connectivity index (χ3n) is 4.74. The molecule has 0 saturated heterocycles. The van der Waals surface area contributed by atoms with E-state index in [2.05, 4.69) is 4.98 Å². The summed E-state index contributed by atoms with van der Waals surface area (Å²) in [4.78, 5) is 4.43. The fourth-order valence-corrected chi connectivity index (χ4v) is 4.82. The van der Waals surface area contributed by atoms with Crippen molar-refractivity contribution < 1.29 is 17.9 Å². The van der Waals surface area contributed by atoms with Gasteiger partial charge in [0.15, 0.2) is 0 Å². The molecule has 154 valence electrons. The lowest BCUT2D eigenvalue weighted by atomic mass is 10.2. The van der Waals surface area contributed by atoms with Gasteiger partial charge in [0.2, 0.25) is 15.0 Å². The van der Waals surface area contributed by atoms with Crippen LogP contribution in [0.5, 0.6) is 11.5 Å². The average molecular weight is 423 g/mol. The Morgan fingerprint density at radius 1 is 0.867 bits per heavy atom. The number of hydrogen-bond donors (Lipinski definition) is 0. The first-order valence-electron chi connectivity index (χ1n) is 9.55.